The van der Waals surface area contributed by atoms with Gasteiger partial charge in [-0.3, -0.25) is 9.59 Å². The zero-order chi connectivity index (χ0) is 31.2. The van der Waals surface area contributed by atoms with Crippen molar-refractivity contribution in [2.75, 3.05) is 56.2 Å². The first-order chi connectivity index (χ1) is 22.0. The maximum absolute atomic E-state index is 12.8. The van der Waals surface area contributed by atoms with Gasteiger partial charge in [0.2, 0.25) is 0 Å². The minimum atomic E-state index is -0.169. The third-order valence-corrected chi connectivity index (χ3v) is 9.30. The number of fused-ring (bicyclic) bond motifs is 2. The van der Waals surface area contributed by atoms with Crippen LogP contribution in [0.1, 0.15) is 62.4 Å². The second-order valence-corrected chi connectivity index (χ2v) is 12.5. The number of carbonyl (C=O) groups is 1. The second-order valence-electron chi connectivity index (χ2n) is 12.5. The lowest BCUT2D eigenvalue weighted by Gasteiger charge is -2.49. The van der Waals surface area contributed by atoms with E-state index in [-0.39, 0.29) is 17.5 Å². The maximum atomic E-state index is 12.8. The van der Waals surface area contributed by atoms with Crippen LogP contribution < -0.4 is 21.1 Å². The highest BCUT2D eigenvalue weighted by molar-refractivity contribution is 6.06. The molecule has 4 N–H and O–H groups in total. The third-order valence-electron chi connectivity index (χ3n) is 9.30. The van der Waals surface area contributed by atoms with Gasteiger partial charge in [-0.25, -0.2) is 4.98 Å². The first kappa shape index (κ1) is 31.1. The van der Waals surface area contributed by atoms with Gasteiger partial charge in [0, 0.05) is 55.2 Å². The molecule has 2 aromatic heterocycles. The number of nitrogens with one attached hydrogen (secondary N) is 4. The van der Waals surface area contributed by atoms with E-state index in [0.29, 0.717) is 17.4 Å². The van der Waals surface area contributed by atoms with Gasteiger partial charge in [0.05, 0.1) is 30.6 Å². The maximum Gasteiger partial charge on any atom is 0.261 e. The summed E-state index contributed by atoms with van der Waals surface area (Å²) in [4.78, 5) is 40.8. The Morgan fingerprint density at radius 3 is 2.67 bits per heavy atom. The molecule has 1 aromatic carbocycles. The van der Waals surface area contributed by atoms with E-state index >= 15 is 0 Å². The van der Waals surface area contributed by atoms with E-state index in [1.807, 2.05) is 12.1 Å². The largest absolute Gasteiger partial charge is 0.384 e. The number of unbranched alkanes of at least 4 members (excludes halogenated alkanes) is 3. The predicted octanol–water partition coefficient (Wildman–Crippen LogP) is 4.49. The fourth-order valence-corrected chi connectivity index (χ4v) is 6.83. The van der Waals surface area contributed by atoms with Crippen LogP contribution in [0.25, 0.3) is 17.5 Å². The molecule has 1 amide bonds. The summed E-state index contributed by atoms with van der Waals surface area (Å²) in [5.41, 5.74) is 6.43. The van der Waals surface area contributed by atoms with E-state index < -0.39 is 0 Å². The van der Waals surface area contributed by atoms with Crippen molar-refractivity contribution in [3.05, 3.63) is 69.4 Å². The molecule has 7 rings (SSSR count). The number of benzene rings is 1. The van der Waals surface area contributed by atoms with Crippen LogP contribution >= 0.6 is 0 Å². The quantitative estimate of drug-likeness (QED) is 0.208. The molecule has 0 saturated carbocycles. The fraction of sp³-hybridized carbons (Fsp3) is 0.514. The lowest BCUT2D eigenvalue weighted by atomic mass is 9.82. The zero-order valence-corrected chi connectivity index (χ0v) is 26.7. The van der Waals surface area contributed by atoms with E-state index in [4.69, 9.17) is 9.72 Å². The summed E-state index contributed by atoms with van der Waals surface area (Å²) >= 11 is 0. The minimum Gasteiger partial charge on any atom is -0.384 e. The predicted molar refractivity (Wildman–Crippen MR) is 180 cm³/mol. The number of β-lactam (4-membered cyclic amide) rings is 1. The number of aryl methyl sites for hydroxylation is 1. The van der Waals surface area contributed by atoms with Crippen LogP contribution in [0.5, 0.6) is 0 Å². The molecule has 4 aliphatic rings. The summed E-state index contributed by atoms with van der Waals surface area (Å²) in [5.74, 6) is 0.705. The zero-order valence-electron chi connectivity index (χ0n) is 26.7. The van der Waals surface area contributed by atoms with Crippen molar-refractivity contribution in [2.45, 2.75) is 70.9 Å². The van der Waals surface area contributed by atoms with E-state index in [2.05, 4.69) is 68.5 Å². The van der Waals surface area contributed by atoms with Crippen molar-refractivity contribution < 1.29 is 9.53 Å². The highest BCUT2D eigenvalue weighted by atomic mass is 16.5. The number of carbonyl (C=O) groups excluding carboxylic acids is 1. The van der Waals surface area contributed by atoms with Crippen molar-refractivity contribution in [1.82, 2.24) is 25.2 Å². The van der Waals surface area contributed by atoms with Crippen LogP contribution in [-0.4, -0.2) is 83.8 Å². The molecule has 0 spiro atoms. The van der Waals surface area contributed by atoms with Gasteiger partial charge < -0.3 is 35.1 Å². The Morgan fingerprint density at radius 2 is 1.89 bits per heavy atom. The van der Waals surface area contributed by atoms with E-state index in [1.165, 1.54) is 30.5 Å². The van der Waals surface area contributed by atoms with E-state index in [1.54, 1.807) is 6.20 Å². The van der Waals surface area contributed by atoms with Crippen LogP contribution in [0.15, 0.2) is 46.9 Å². The van der Waals surface area contributed by atoms with Crippen LogP contribution in [0.3, 0.4) is 0 Å². The van der Waals surface area contributed by atoms with Gasteiger partial charge in [0.15, 0.2) is 0 Å². The summed E-state index contributed by atoms with van der Waals surface area (Å²) in [6.07, 6.45) is 11.0. The molecule has 1 unspecified atom stereocenters. The standard InChI is InChI=1S/C24H32N6O2.C11H15NO/c1-2-3-4-5-9-26-17-8-12-27-23(31)21(17)22-28-18-13-16-20(14-19(18)29-22)30(24(16)32)15-6-10-25-11-7-15;1-10-3-2-4-11(9-10)12-5-7-13-8-6-12/h8,12-13,15,20,25H,2-7,9-11,14H2,1H3,(H,28,29)(H2,26,27,31);2-4,9H,5-8H2,1H3. The van der Waals surface area contributed by atoms with Gasteiger partial charge in [-0.2, -0.15) is 0 Å². The number of amides is 1. The molecule has 45 heavy (non-hydrogen) atoms. The fourth-order valence-electron chi connectivity index (χ4n) is 6.83. The van der Waals surface area contributed by atoms with Gasteiger partial charge in [-0.15, -0.1) is 0 Å². The Kier molecular flexibility index (Phi) is 10.0. The molecule has 0 bridgehead atoms. The Morgan fingerprint density at radius 1 is 1.07 bits per heavy atom. The Labute approximate surface area is 265 Å². The smallest absolute Gasteiger partial charge is 0.261 e. The van der Waals surface area contributed by atoms with Crippen LogP contribution in [-0.2, 0) is 16.0 Å². The number of nitrogens with zero attached hydrogens (tertiary/aromatic N) is 3. The highest BCUT2D eigenvalue weighted by Gasteiger charge is 2.48. The number of anilines is 2. The number of aromatic nitrogens is 3. The summed E-state index contributed by atoms with van der Waals surface area (Å²) in [5, 5.41) is 6.78. The summed E-state index contributed by atoms with van der Waals surface area (Å²) in [6, 6.07) is 11.0. The van der Waals surface area contributed by atoms with Crippen LogP contribution in [0.4, 0.5) is 11.4 Å². The lowest BCUT2D eigenvalue weighted by Crippen LogP contribution is -2.62. The molecule has 3 fully saturated rings. The van der Waals surface area contributed by atoms with Gasteiger partial charge in [0.1, 0.15) is 11.4 Å². The molecule has 0 radical (unpaired) electrons. The number of rotatable bonds is 9. The SMILES string of the molecule is CCCCCCNc1cc[nH]c(=O)c1-c1nc2c([nH]1)CC1C(=C2)C(=O)N1C1CCNCC1.Cc1cccc(N2CCOCC2)c1. The highest BCUT2D eigenvalue weighted by Crippen LogP contribution is 2.39. The lowest BCUT2D eigenvalue weighted by molar-refractivity contribution is -0.141. The van der Waals surface area contributed by atoms with Gasteiger partial charge in [-0.1, -0.05) is 38.3 Å². The molecule has 240 valence electrons. The van der Waals surface area contributed by atoms with Crippen molar-refractivity contribution in [3.8, 4) is 11.4 Å². The number of H-pyrrole nitrogens is 2. The number of morpholine rings is 1. The Bertz CT molecular complexity index is 1550. The molecule has 10 heteroatoms. The first-order valence-corrected chi connectivity index (χ1v) is 16.7. The molecule has 3 aliphatic heterocycles. The third kappa shape index (κ3) is 7.02. The number of hydrogen-bond acceptors (Lipinski definition) is 7. The number of ether oxygens (including phenoxy) is 1. The number of aromatic amines is 2. The van der Waals surface area contributed by atoms with Crippen LogP contribution in [0.2, 0.25) is 0 Å². The molecule has 5 heterocycles. The molecule has 1 atom stereocenters. The molecule has 3 saturated heterocycles. The normalized spacial score (nSPS) is 19.6. The molecular weight excluding hydrogens is 566 g/mol. The summed E-state index contributed by atoms with van der Waals surface area (Å²) in [6.45, 7) is 10.8. The number of imidazole rings is 1. The minimum absolute atomic E-state index is 0.122. The van der Waals surface area contributed by atoms with Crippen LogP contribution in [0, 0.1) is 6.92 Å². The van der Waals surface area contributed by atoms with Crippen molar-refractivity contribution >= 4 is 23.4 Å². The van der Waals surface area contributed by atoms with Gasteiger partial charge in [0.25, 0.3) is 11.5 Å². The molecular formula is C35H47N7O3. The number of pyridine rings is 1. The van der Waals surface area contributed by atoms with Crippen molar-refractivity contribution in [2.24, 2.45) is 0 Å². The topological polar surface area (TPSA) is 118 Å². The second kappa shape index (κ2) is 14.5. The average Bonchev–Trinajstić information content (AvgIpc) is 3.48. The Hall–Kier alpha value is -3.89. The first-order valence-electron chi connectivity index (χ1n) is 16.7. The van der Waals surface area contributed by atoms with Gasteiger partial charge >= 0.3 is 0 Å². The number of likely N-dealkylation sites (tertiary alicyclic amines) is 1. The average molecular weight is 614 g/mol. The molecule has 1 aliphatic carbocycles. The Balaban J connectivity index is 0.000000229. The summed E-state index contributed by atoms with van der Waals surface area (Å²) < 4.78 is 5.31. The van der Waals surface area contributed by atoms with Crippen molar-refractivity contribution in [3.63, 3.8) is 0 Å². The monoisotopic (exact) mass is 613 g/mol. The van der Waals surface area contributed by atoms with E-state index in [0.717, 1.165) is 94.3 Å². The number of hydrogen-bond donors (Lipinski definition) is 4. The number of piperidine rings is 1. The van der Waals surface area contributed by atoms with Crippen molar-refractivity contribution in [1.29, 1.82) is 0 Å². The van der Waals surface area contributed by atoms with E-state index in [9.17, 15) is 9.59 Å². The molecule has 10 nitrogen and oxygen atoms in total. The van der Waals surface area contributed by atoms with Gasteiger partial charge in [-0.05, 0) is 69.1 Å². The summed E-state index contributed by atoms with van der Waals surface area (Å²) in [7, 11) is 0. The molecule has 3 aromatic rings.